The van der Waals surface area contributed by atoms with E-state index in [1.165, 1.54) is 0 Å². The average Bonchev–Trinajstić information content (AvgIpc) is 3.42. The van der Waals surface area contributed by atoms with Crippen LogP contribution in [0.4, 0.5) is 5.82 Å². The molecule has 0 radical (unpaired) electrons. The van der Waals surface area contributed by atoms with Crippen molar-refractivity contribution >= 4 is 11.7 Å². The van der Waals surface area contributed by atoms with E-state index in [0.29, 0.717) is 17.5 Å². The maximum Gasteiger partial charge on any atom is 0.274 e. The van der Waals surface area contributed by atoms with E-state index < -0.39 is 0 Å². The van der Waals surface area contributed by atoms with Gasteiger partial charge in [0.2, 0.25) is 0 Å². The van der Waals surface area contributed by atoms with Gasteiger partial charge in [-0.1, -0.05) is 30.3 Å². The first-order chi connectivity index (χ1) is 14.1. The fourth-order valence-electron chi connectivity index (χ4n) is 4.43. The highest BCUT2D eigenvalue weighted by molar-refractivity contribution is 5.92. The summed E-state index contributed by atoms with van der Waals surface area (Å²) in [5.74, 6) is 1.90. The summed E-state index contributed by atoms with van der Waals surface area (Å²) in [6.07, 6.45) is 0. The zero-order chi connectivity index (χ0) is 20.0. The molecule has 0 saturated carbocycles. The van der Waals surface area contributed by atoms with Gasteiger partial charge in [0, 0.05) is 56.3 Å². The molecule has 5 rings (SSSR count). The zero-order valence-corrected chi connectivity index (χ0v) is 16.7. The number of nitrogens with zero attached hydrogens (tertiary/aromatic N) is 6. The number of aromatic nitrogens is 4. The van der Waals surface area contributed by atoms with Crippen LogP contribution in [0.3, 0.4) is 0 Å². The Morgan fingerprint density at radius 1 is 0.966 bits per heavy atom. The maximum atomic E-state index is 12.8. The third kappa shape index (κ3) is 3.26. The lowest BCUT2D eigenvalue weighted by Gasteiger charge is -2.21. The standard InChI is InChI=1S/C22H24N6O/c1-15-10-20(25-26(15)2)22(29)28-13-17-11-27(12-18(17)14-28)21-9-8-19(23-24-21)16-6-4-3-5-7-16/h3-10,17-18H,11-14H2,1-2H3. The molecule has 4 heterocycles. The van der Waals surface area contributed by atoms with E-state index >= 15 is 0 Å². The number of benzene rings is 1. The number of anilines is 1. The van der Waals surface area contributed by atoms with E-state index in [1.807, 2.05) is 61.3 Å². The van der Waals surface area contributed by atoms with Gasteiger partial charge in [-0.25, -0.2) is 0 Å². The molecule has 7 heteroatoms. The molecule has 3 aromatic rings. The Morgan fingerprint density at radius 2 is 1.69 bits per heavy atom. The summed E-state index contributed by atoms with van der Waals surface area (Å²) in [6, 6.07) is 16.0. The molecule has 148 valence electrons. The van der Waals surface area contributed by atoms with Crippen molar-refractivity contribution in [1.29, 1.82) is 0 Å². The fraction of sp³-hybridized carbons (Fsp3) is 0.364. The Kier molecular flexibility index (Phi) is 4.30. The van der Waals surface area contributed by atoms with Crippen molar-refractivity contribution in [2.75, 3.05) is 31.1 Å². The number of aryl methyl sites for hydroxylation is 2. The van der Waals surface area contributed by atoms with Gasteiger partial charge in [-0.3, -0.25) is 9.48 Å². The molecule has 0 aliphatic carbocycles. The summed E-state index contributed by atoms with van der Waals surface area (Å²) in [6.45, 7) is 5.35. The summed E-state index contributed by atoms with van der Waals surface area (Å²) in [5, 5.41) is 13.2. The van der Waals surface area contributed by atoms with Crippen LogP contribution in [0.2, 0.25) is 0 Å². The molecule has 2 aliphatic rings. The summed E-state index contributed by atoms with van der Waals surface area (Å²) in [5.41, 5.74) is 3.50. The number of likely N-dealkylation sites (tertiary alicyclic amines) is 1. The second-order valence-corrected chi connectivity index (χ2v) is 8.07. The van der Waals surface area contributed by atoms with E-state index in [-0.39, 0.29) is 5.91 Å². The Bertz CT molecular complexity index is 996. The summed E-state index contributed by atoms with van der Waals surface area (Å²) in [7, 11) is 1.87. The highest BCUT2D eigenvalue weighted by atomic mass is 16.2. The molecule has 0 spiro atoms. The normalized spacial score (nSPS) is 20.9. The van der Waals surface area contributed by atoms with Gasteiger partial charge < -0.3 is 9.80 Å². The van der Waals surface area contributed by atoms with Gasteiger partial charge >= 0.3 is 0 Å². The number of fused-ring (bicyclic) bond motifs is 1. The first-order valence-corrected chi connectivity index (χ1v) is 10.0. The Morgan fingerprint density at radius 3 is 2.28 bits per heavy atom. The molecule has 2 unspecified atom stereocenters. The molecular weight excluding hydrogens is 364 g/mol. The van der Waals surface area contributed by atoms with Crippen molar-refractivity contribution < 1.29 is 4.79 Å². The Balaban J connectivity index is 1.24. The van der Waals surface area contributed by atoms with Crippen molar-refractivity contribution in [3.63, 3.8) is 0 Å². The molecule has 1 aromatic carbocycles. The van der Waals surface area contributed by atoms with E-state index in [9.17, 15) is 4.79 Å². The van der Waals surface area contributed by atoms with E-state index in [0.717, 1.165) is 48.9 Å². The third-order valence-electron chi connectivity index (χ3n) is 6.15. The molecule has 29 heavy (non-hydrogen) atoms. The van der Waals surface area contributed by atoms with Crippen molar-refractivity contribution in [2.24, 2.45) is 18.9 Å². The molecule has 2 saturated heterocycles. The summed E-state index contributed by atoms with van der Waals surface area (Å²) >= 11 is 0. The number of hydrogen-bond acceptors (Lipinski definition) is 5. The van der Waals surface area contributed by atoms with Gasteiger partial charge in [-0.15, -0.1) is 10.2 Å². The minimum absolute atomic E-state index is 0.0432. The van der Waals surface area contributed by atoms with Crippen molar-refractivity contribution in [2.45, 2.75) is 6.92 Å². The van der Waals surface area contributed by atoms with Crippen LogP contribution in [0.25, 0.3) is 11.3 Å². The third-order valence-corrected chi connectivity index (χ3v) is 6.15. The number of amides is 1. The highest BCUT2D eigenvalue weighted by Crippen LogP contribution is 2.34. The molecule has 7 nitrogen and oxygen atoms in total. The number of carbonyl (C=O) groups is 1. The second kappa shape index (κ2) is 6.99. The van der Waals surface area contributed by atoms with Gasteiger partial charge in [0.25, 0.3) is 5.91 Å². The molecule has 1 amide bonds. The van der Waals surface area contributed by atoms with E-state index in [4.69, 9.17) is 0 Å². The first kappa shape index (κ1) is 17.8. The van der Waals surface area contributed by atoms with Gasteiger partial charge in [-0.05, 0) is 25.1 Å². The van der Waals surface area contributed by atoms with E-state index in [1.54, 1.807) is 4.68 Å². The van der Waals surface area contributed by atoms with Crippen LogP contribution in [0, 0.1) is 18.8 Å². The van der Waals surface area contributed by atoms with Gasteiger partial charge in [0.1, 0.15) is 0 Å². The molecule has 2 fully saturated rings. The molecule has 0 bridgehead atoms. The van der Waals surface area contributed by atoms with Crippen LogP contribution in [-0.4, -0.2) is 57.0 Å². The van der Waals surface area contributed by atoms with Crippen LogP contribution >= 0.6 is 0 Å². The minimum atomic E-state index is 0.0432. The van der Waals surface area contributed by atoms with Gasteiger partial charge in [-0.2, -0.15) is 5.10 Å². The van der Waals surface area contributed by atoms with Crippen LogP contribution in [0.1, 0.15) is 16.2 Å². The van der Waals surface area contributed by atoms with Crippen LogP contribution in [-0.2, 0) is 7.05 Å². The van der Waals surface area contributed by atoms with Gasteiger partial charge in [0.05, 0.1) is 5.69 Å². The maximum absolute atomic E-state index is 12.8. The van der Waals surface area contributed by atoms with Crippen molar-refractivity contribution in [3.8, 4) is 11.3 Å². The molecule has 2 aliphatic heterocycles. The lowest BCUT2D eigenvalue weighted by molar-refractivity contribution is 0.0776. The smallest absolute Gasteiger partial charge is 0.274 e. The van der Waals surface area contributed by atoms with E-state index in [2.05, 4.69) is 26.3 Å². The SMILES string of the molecule is Cc1cc(C(=O)N2CC3CN(c4ccc(-c5ccccc5)nn4)CC3C2)nn1C. The zero-order valence-electron chi connectivity index (χ0n) is 16.7. The summed E-state index contributed by atoms with van der Waals surface area (Å²) in [4.78, 5) is 17.0. The van der Waals surface area contributed by atoms with Crippen molar-refractivity contribution in [1.82, 2.24) is 24.9 Å². The quantitative estimate of drug-likeness (QED) is 0.689. The lowest BCUT2D eigenvalue weighted by atomic mass is 10.0. The minimum Gasteiger partial charge on any atom is -0.354 e. The van der Waals surface area contributed by atoms with Crippen LogP contribution in [0.15, 0.2) is 48.5 Å². The second-order valence-electron chi connectivity index (χ2n) is 8.07. The van der Waals surface area contributed by atoms with Gasteiger partial charge in [0.15, 0.2) is 11.5 Å². The highest BCUT2D eigenvalue weighted by Gasteiger charge is 2.42. The van der Waals surface area contributed by atoms with Crippen LogP contribution < -0.4 is 4.90 Å². The number of carbonyl (C=O) groups excluding carboxylic acids is 1. The number of hydrogen-bond donors (Lipinski definition) is 0. The molecule has 2 atom stereocenters. The molecular formula is C22H24N6O. The average molecular weight is 388 g/mol. The van der Waals surface area contributed by atoms with Crippen molar-refractivity contribution in [3.05, 3.63) is 59.9 Å². The van der Waals surface area contributed by atoms with Crippen LogP contribution in [0.5, 0.6) is 0 Å². The lowest BCUT2D eigenvalue weighted by Crippen LogP contribution is -2.33. The predicted molar refractivity (Wildman–Crippen MR) is 111 cm³/mol. The fourth-order valence-corrected chi connectivity index (χ4v) is 4.43. The number of rotatable bonds is 3. The first-order valence-electron chi connectivity index (χ1n) is 10.0. The largest absolute Gasteiger partial charge is 0.354 e. The molecule has 0 N–H and O–H groups in total. The monoisotopic (exact) mass is 388 g/mol. The topological polar surface area (TPSA) is 67.2 Å². The summed E-state index contributed by atoms with van der Waals surface area (Å²) < 4.78 is 1.75. The molecule has 2 aromatic heterocycles. The Hall–Kier alpha value is -3.22. The Labute approximate surface area is 170 Å². The predicted octanol–water partition coefficient (Wildman–Crippen LogP) is 2.39.